The summed E-state index contributed by atoms with van der Waals surface area (Å²) < 4.78 is 26.1. The summed E-state index contributed by atoms with van der Waals surface area (Å²) in [6.45, 7) is 30.2. The van der Waals surface area contributed by atoms with Crippen LogP contribution in [-0.4, -0.2) is 17.1 Å². The molecule has 0 aromatic heterocycles. The van der Waals surface area contributed by atoms with E-state index in [0.717, 1.165) is 25.7 Å². The predicted molar refractivity (Wildman–Crippen MR) is 146 cm³/mol. The summed E-state index contributed by atoms with van der Waals surface area (Å²) in [7, 11) is -4.20. The van der Waals surface area contributed by atoms with E-state index in [1.54, 1.807) is 0 Å². The molecule has 3 aliphatic rings. The van der Waals surface area contributed by atoms with Crippen molar-refractivity contribution in [3.63, 3.8) is 0 Å². The molecule has 0 amide bonds. The molecule has 0 aromatic carbocycles. The Morgan fingerprint density at radius 2 is 0.914 bits per heavy atom. The van der Waals surface area contributed by atoms with Gasteiger partial charge in [0.05, 0.1) is 12.2 Å². The first kappa shape index (κ1) is 29.7. The number of fused-ring (bicyclic) bond motifs is 2. The van der Waals surface area contributed by atoms with E-state index in [9.17, 15) is 9.46 Å². The van der Waals surface area contributed by atoms with Crippen LogP contribution in [0.3, 0.4) is 0 Å². The largest absolute Gasteiger partial charge is 0.472 e. The van der Waals surface area contributed by atoms with E-state index in [0.29, 0.717) is 17.8 Å². The van der Waals surface area contributed by atoms with Gasteiger partial charge in [0.25, 0.3) is 0 Å². The zero-order chi connectivity index (χ0) is 26.9. The summed E-state index contributed by atoms with van der Waals surface area (Å²) in [6, 6.07) is 0. The van der Waals surface area contributed by atoms with Crippen molar-refractivity contribution in [1.29, 1.82) is 0 Å². The standard InChI is InChI=1S/C30H57O4P/c1-18-21-14-19(27(2,3)4)16-23(29(8,9)10)25(21)33-35(31,32)34-26-22(18)15-20(28(5,6)7)17-24(26)30(11,12)13/h18-26H,14-17H2,1-13H3,(H,31,32). The molecule has 35 heavy (non-hydrogen) atoms. The van der Waals surface area contributed by atoms with Gasteiger partial charge >= 0.3 is 7.82 Å². The van der Waals surface area contributed by atoms with E-state index >= 15 is 0 Å². The molecule has 2 saturated carbocycles. The van der Waals surface area contributed by atoms with Crippen molar-refractivity contribution in [1.82, 2.24) is 0 Å². The zero-order valence-corrected chi connectivity index (χ0v) is 26.0. The van der Waals surface area contributed by atoms with Gasteiger partial charge in [0.1, 0.15) is 0 Å². The molecule has 1 heterocycles. The highest BCUT2D eigenvalue weighted by Gasteiger charge is 2.57. The Morgan fingerprint density at radius 3 is 1.17 bits per heavy atom. The van der Waals surface area contributed by atoms with Crippen molar-refractivity contribution in [2.45, 2.75) is 128 Å². The van der Waals surface area contributed by atoms with Gasteiger partial charge < -0.3 is 4.89 Å². The van der Waals surface area contributed by atoms with Crippen molar-refractivity contribution >= 4 is 7.82 Å². The van der Waals surface area contributed by atoms with Gasteiger partial charge in [-0.3, -0.25) is 9.05 Å². The minimum Gasteiger partial charge on any atom is -0.302 e. The molecular weight excluding hydrogens is 455 g/mol. The lowest BCUT2D eigenvalue weighted by atomic mass is 9.52. The monoisotopic (exact) mass is 512 g/mol. The lowest BCUT2D eigenvalue weighted by Crippen LogP contribution is -2.55. The number of rotatable bonds is 0. The van der Waals surface area contributed by atoms with E-state index in [-0.39, 0.29) is 57.5 Å². The van der Waals surface area contributed by atoms with Crippen molar-refractivity contribution in [2.75, 3.05) is 0 Å². The molecular formula is C30H57O4P. The minimum absolute atomic E-state index is 0.0143. The average Bonchev–Trinajstić information content (AvgIpc) is 2.62. The lowest BCUT2D eigenvalue weighted by Gasteiger charge is -2.57. The smallest absolute Gasteiger partial charge is 0.302 e. The summed E-state index contributed by atoms with van der Waals surface area (Å²) in [6.07, 6.45) is 3.69. The third-order valence-electron chi connectivity index (χ3n) is 10.4. The van der Waals surface area contributed by atoms with Gasteiger partial charge in [-0.1, -0.05) is 90.0 Å². The second-order valence-electron chi connectivity index (χ2n) is 16.8. The molecule has 1 N–H and O–H groups in total. The summed E-state index contributed by atoms with van der Waals surface area (Å²) in [5, 5.41) is 0. The molecule has 3 rings (SSSR count). The zero-order valence-electron chi connectivity index (χ0n) is 25.1. The summed E-state index contributed by atoms with van der Waals surface area (Å²) in [5.41, 5.74) is 0.368. The summed E-state index contributed by atoms with van der Waals surface area (Å²) >= 11 is 0. The third-order valence-corrected chi connectivity index (χ3v) is 11.4. The fraction of sp³-hybridized carbons (Fsp3) is 1.00. The maximum Gasteiger partial charge on any atom is 0.472 e. The van der Waals surface area contributed by atoms with Gasteiger partial charge in [0, 0.05) is 0 Å². The van der Waals surface area contributed by atoms with Crippen molar-refractivity contribution in [3.05, 3.63) is 0 Å². The van der Waals surface area contributed by atoms with Crippen LogP contribution >= 0.6 is 7.82 Å². The van der Waals surface area contributed by atoms with Gasteiger partial charge in [0.15, 0.2) is 0 Å². The highest BCUT2D eigenvalue weighted by atomic mass is 31.2. The molecule has 8 unspecified atom stereocenters. The van der Waals surface area contributed by atoms with Crippen molar-refractivity contribution in [3.8, 4) is 0 Å². The van der Waals surface area contributed by atoms with Crippen LogP contribution in [-0.2, 0) is 13.6 Å². The Hall–Kier alpha value is 0.110. The van der Waals surface area contributed by atoms with Crippen LogP contribution in [0.2, 0.25) is 0 Å². The number of hydrogen-bond acceptors (Lipinski definition) is 3. The molecule has 2 aliphatic carbocycles. The average molecular weight is 513 g/mol. The van der Waals surface area contributed by atoms with E-state index in [1.165, 1.54) is 0 Å². The maximum absolute atomic E-state index is 13.6. The van der Waals surface area contributed by atoms with Gasteiger partial charge in [-0.25, -0.2) is 4.57 Å². The van der Waals surface area contributed by atoms with Crippen LogP contribution in [0, 0.1) is 63.1 Å². The van der Waals surface area contributed by atoms with Crippen LogP contribution in [0.25, 0.3) is 0 Å². The van der Waals surface area contributed by atoms with Gasteiger partial charge in [-0.2, -0.15) is 0 Å². The van der Waals surface area contributed by atoms with E-state index in [1.807, 2.05) is 0 Å². The fourth-order valence-corrected chi connectivity index (χ4v) is 8.96. The molecule has 8 atom stereocenters. The van der Waals surface area contributed by atoms with Crippen LogP contribution in [0.4, 0.5) is 0 Å². The first-order valence-corrected chi connectivity index (χ1v) is 15.7. The predicted octanol–water partition coefficient (Wildman–Crippen LogP) is 8.98. The Labute approximate surface area is 217 Å². The lowest BCUT2D eigenvalue weighted by molar-refractivity contribution is -0.149. The number of phosphoric acid groups is 1. The Kier molecular flexibility index (Phi) is 7.96. The van der Waals surface area contributed by atoms with Gasteiger partial charge in [0.2, 0.25) is 0 Å². The first-order valence-electron chi connectivity index (χ1n) is 14.2. The highest BCUT2D eigenvalue weighted by Crippen LogP contribution is 2.63. The van der Waals surface area contributed by atoms with Crippen LogP contribution in [0.1, 0.15) is 116 Å². The quantitative estimate of drug-likeness (QED) is 0.329. The minimum atomic E-state index is -4.20. The second-order valence-corrected chi connectivity index (χ2v) is 18.2. The highest BCUT2D eigenvalue weighted by molar-refractivity contribution is 7.47. The first-order chi connectivity index (χ1) is 15.5. The topological polar surface area (TPSA) is 55.8 Å². The molecule has 0 radical (unpaired) electrons. The second kappa shape index (κ2) is 9.39. The van der Waals surface area contributed by atoms with Crippen LogP contribution < -0.4 is 0 Å². The molecule has 206 valence electrons. The van der Waals surface area contributed by atoms with Crippen LogP contribution in [0.15, 0.2) is 0 Å². The van der Waals surface area contributed by atoms with Gasteiger partial charge in [-0.15, -0.1) is 0 Å². The normalized spacial score (nSPS) is 44.1. The Balaban J connectivity index is 2.13. The van der Waals surface area contributed by atoms with Crippen molar-refractivity contribution in [2.24, 2.45) is 63.1 Å². The van der Waals surface area contributed by atoms with Crippen LogP contribution in [0.5, 0.6) is 0 Å². The molecule has 1 aliphatic heterocycles. The molecule has 3 fully saturated rings. The molecule has 5 heteroatoms. The van der Waals surface area contributed by atoms with Gasteiger partial charge in [-0.05, 0) is 88.8 Å². The molecule has 0 bridgehead atoms. The SMILES string of the molecule is CC1C2CC(C(C)(C)C)CC(C(C)(C)C)C2OP(=O)(O)OC2C1CC(C(C)(C)C)CC2C(C)(C)C. The van der Waals surface area contributed by atoms with Crippen molar-refractivity contribution < 1.29 is 18.5 Å². The number of hydrogen-bond donors (Lipinski definition) is 1. The maximum atomic E-state index is 13.6. The fourth-order valence-electron chi connectivity index (χ4n) is 7.68. The summed E-state index contributed by atoms with van der Waals surface area (Å²) in [4.78, 5) is 11.2. The van der Waals surface area contributed by atoms with E-state index < -0.39 is 7.82 Å². The molecule has 0 aromatic rings. The molecule has 0 spiro atoms. The van der Waals surface area contributed by atoms with E-state index in [4.69, 9.17) is 9.05 Å². The molecule has 1 saturated heterocycles. The summed E-state index contributed by atoms with van der Waals surface area (Å²) in [5.74, 6) is 2.45. The Morgan fingerprint density at radius 1 is 0.600 bits per heavy atom. The Bertz CT molecular complexity index is 731. The molecule has 4 nitrogen and oxygen atoms in total. The third kappa shape index (κ3) is 6.40. The van der Waals surface area contributed by atoms with E-state index in [2.05, 4.69) is 90.0 Å². The number of phosphoric ester groups is 1.